The van der Waals surface area contributed by atoms with E-state index in [1.165, 1.54) is 23.2 Å². The summed E-state index contributed by atoms with van der Waals surface area (Å²) in [6, 6.07) is 9.27. The maximum atomic E-state index is 12.9. The number of aromatic nitrogens is 2. The second-order valence-electron chi connectivity index (χ2n) is 11.6. The van der Waals surface area contributed by atoms with Crippen LogP contribution in [0.25, 0.3) is 0 Å². The number of hydrogen-bond acceptors (Lipinski definition) is 9. The van der Waals surface area contributed by atoms with Gasteiger partial charge in [0.25, 0.3) is 0 Å². The Labute approximate surface area is 249 Å². The highest BCUT2D eigenvalue weighted by Crippen LogP contribution is 2.34. The van der Waals surface area contributed by atoms with Crippen molar-refractivity contribution >= 4 is 17.4 Å². The van der Waals surface area contributed by atoms with Crippen LogP contribution >= 0.6 is 0 Å². The Morgan fingerprint density at radius 3 is 2.76 bits per heavy atom. The highest BCUT2D eigenvalue weighted by molar-refractivity contribution is 5.88. The van der Waals surface area contributed by atoms with Gasteiger partial charge in [-0.1, -0.05) is 18.2 Å². The van der Waals surface area contributed by atoms with E-state index in [1.54, 1.807) is 24.2 Å². The number of carbonyl (C=O) groups excluding carboxylic acids is 1. The predicted molar refractivity (Wildman–Crippen MR) is 163 cm³/mol. The lowest BCUT2D eigenvalue weighted by Crippen LogP contribution is -2.55. The molecule has 2 fully saturated rings. The molecular weight excluding hydrogens is 530 g/mol. The first-order valence-corrected chi connectivity index (χ1v) is 15.0. The Morgan fingerprint density at radius 1 is 1.14 bits per heavy atom. The van der Waals surface area contributed by atoms with Crippen LogP contribution in [-0.2, 0) is 22.5 Å². The Morgan fingerprint density at radius 2 is 2.00 bits per heavy atom. The Bertz CT molecular complexity index is 1340. The minimum atomic E-state index is -0.236. The van der Waals surface area contributed by atoms with Crippen LogP contribution in [0, 0.1) is 25.2 Å². The van der Waals surface area contributed by atoms with E-state index in [4.69, 9.17) is 19.4 Å². The van der Waals surface area contributed by atoms with Gasteiger partial charge in [-0.05, 0) is 63.9 Å². The molecule has 3 aliphatic heterocycles. The molecular formula is C32H43N7O3. The fourth-order valence-electron chi connectivity index (χ4n) is 6.32. The molecule has 42 heavy (non-hydrogen) atoms. The van der Waals surface area contributed by atoms with Gasteiger partial charge in [-0.3, -0.25) is 4.79 Å². The van der Waals surface area contributed by atoms with Gasteiger partial charge in [0.2, 0.25) is 5.91 Å². The molecule has 5 rings (SSSR count). The second-order valence-corrected chi connectivity index (χ2v) is 11.6. The number of aryl methyl sites for hydroxylation is 1. The van der Waals surface area contributed by atoms with Crippen LogP contribution in [0.15, 0.2) is 30.4 Å². The van der Waals surface area contributed by atoms with Gasteiger partial charge in [-0.25, -0.2) is 0 Å². The molecule has 2 saturated heterocycles. The van der Waals surface area contributed by atoms with E-state index in [0.29, 0.717) is 51.4 Å². The van der Waals surface area contributed by atoms with Crippen LogP contribution in [0.4, 0.5) is 11.5 Å². The third-order valence-corrected chi connectivity index (χ3v) is 8.93. The van der Waals surface area contributed by atoms with Gasteiger partial charge < -0.3 is 29.1 Å². The first kappa shape index (κ1) is 29.8. The second kappa shape index (κ2) is 13.5. The number of nitriles is 1. The summed E-state index contributed by atoms with van der Waals surface area (Å²) in [5.41, 5.74) is 5.92. The summed E-state index contributed by atoms with van der Waals surface area (Å²) >= 11 is 0. The lowest BCUT2D eigenvalue weighted by molar-refractivity contribution is -0.128. The molecule has 2 unspecified atom stereocenters. The highest BCUT2D eigenvalue weighted by Gasteiger charge is 2.33. The van der Waals surface area contributed by atoms with E-state index in [-0.39, 0.29) is 18.4 Å². The lowest BCUT2D eigenvalue weighted by atomic mass is 10.0. The number of piperazine rings is 1. The third kappa shape index (κ3) is 6.53. The number of benzene rings is 1. The molecule has 1 aromatic carbocycles. The fourth-order valence-corrected chi connectivity index (χ4v) is 6.32. The molecule has 10 nitrogen and oxygen atoms in total. The summed E-state index contributed by atoms with van der Waals surface area (Å²) in [5, 5.41) is 9.60. The van der Waals surface area contributed by atoms with Gasteiger partial charge >= 0.3 is 6.01 Å². The maximum absolute atomic E-state index is 12.9. The van der Waals surface area contributed by atoms with Gasteiger partial charge in [0, 0.05) is 56.7 Å². The van der Waals surface area contributed by atoms with Crippen LogP contribution in [-0.4, -0.2) is 97.9 Å². The van der Waals surface area contributed by atoms with Crippen molar-refractivity contribution < 1.29 is 14.3 Å². The van der Waals surface area contributed by atoms with Crippen molar-refractivity contribution in [1.82, 2.24) is 19.8 Å². The Balaban J connectivity index is 1.43. The number of fused-ring (bicyclic) bond motifs is 1. The molecule has 1 amide bonds. The average molecular weight is 574 g/mol. The van der Waals surface area contributed by atoms with Crippen molar-refractivity contribution in [3.05, 3.63) is 52.7 Å². The first-order chi connectivity index (χ1) is 20.4. The van der Waals surface area contributed by atoms with Crippen LogP contribution in [0.1, 0.15) is 41.6 Å². The zero-order valence-electron chi connectivity index (χ0n) is 25.4. The number of ether oxygens (including phenoxy) is 2. The smallest absolute Gasteiger partial charge is 0.318 e. The Kier molecular flexibility index (Phi) is 9.60. The van der Waals surface area contributed by atoms with Crippen molar-refractivity contribution in [1.29, 1.82) is 5.26 Å². The SMILES string of the molecule is COC/C=C/C(=O)N1CCN(c2nc(OCC3CCCN3C)nc3c2CCN(c2cccc(C)c2C)C3)CC1CC#N. The molecule has 4 heterocycles. The standard InChI is InChI=1S/C32H43N7O3/c1-23-8-5-10-29(24(23)2)37-16-13-27-28(21-37)34-32(42-22-26-9-6-15-36(26)3)35-31(27)38-17-18-39(25(20-38)12-14-33)30(40)11-7-19-41-4/h5,7-8,10-11,25-26H,6,9,12-13,15-22H2,1-4H3/b11-7+. The van der Waals surface area contributed by atoms with E-state index in [9.17, 15) is 10.1 Å². The van der Waals surface area contributed by atoms with E-state index in [2.05, 4.69) is 59.9 Å². The van der Waals surface area contributed by atoms with E-state index in [0.717, 1.165) is 43.0 Å². The summed E-state index contributed by atoms with van der Waals surface area (Å²) < 4.78 is 11.3. The number of methoxy groups -OCH3 is 1. The maximum Gasteiger partial charge on any atom is 0.318 e. The number of rotatable bonds is 9. The minimum Gasteiger partial charge on any atom is -0.462 e. The van der Waals surface area contributed by atoms with Crippen molar-refractivity contribution in [3.8, 4) is 12.1 Å². The van der Waals surface area contributed by atoms with Gasteiger partial charge in [0.05, 0.1) is 37.4 Å². The van der Waals surface area contributed by atoms with Crippen LogP contribution in [0.3, 0.4) is 0 Å². The fraction of sp³-hybridized carbons (Fsp3) is 0.562. The van der Waals surface area contributed by atoms with Crippen molar-refractivity contribution in [2.75, 3.05) is 69.9 Å². The minimum absolute atomic E-state index is 0.0921. The molecule has 2 atom stereocenters. The molecule has 3 aliphatic rings. The average Bonchev–Trinajstić information content (AvgIpc) is 3.41. The number of likely N-dealkylation sites (tertiary alicyclic amines) is 1. The van der Waals surface area contributed by atoms with E-state index < -0.39 is 0 Å². The van der Waals surface area contributed by atoms with Crippen LogP contribution < -0.4 is 14.5 Å². The zero-order chi connectivity index (χ0) is 29.6. The molecule has 10 heteroatoms. The molecule has 2 aromatic rings. The van der Waals surface area contributed by atoms with Crippen molar-refractivity contribution in [2.24, 2.45) is 0 Å². The summed E-state index contributed by atoms with van der Waals surface area (Å²) in [6.45, 7) is 9.56. The lowest BCUT2D eigenvalue weighted by Gasteiger charge is -2.42. The number of amides is 1. The van der Waals surface area contributed by atoms with Crippen molar-refractivity contribution in [3.63, 3.8) is 0 Å². The topological polar surface area (TPSA) is 98.1 Å². The number of likely N-dealkylation sites (N-methyl/N-ethyl adjacent to an activating group) is 1. The molecule has 0 aliphatic carbocycles. The first-order valence-electron chi connectivity index (χ1n) is 15.0. The normalized spacial score (nSPS) is 21.1. The van der Waals surface area contributed by atoms with Gasteiger partial charge in [-0.2, -0.15) is 15.2 Å². The summed E-state index contributed by atoms with van der Waals surface area (Å²) in [7, 11) is 3.74. The third-order valence-electron chi connectivity index (χ3n) is 8.93. The van der Waals surface area contributed by atoms with Gasteiger partial charge in [0.15, 0.2) is 0 Å². The zero-order valence-corrected chi connectivity index (χ0v) is 25.4. The number of nitrogens with zero attached hydrogens (tertiary/aromatic N) is 7. The Hall–Kier alpha value is -3.68. The number of carbonyl (C=O) groups is 1. The van der Waals surface area contributed by atoms with Gasteiger partial charge in [-0.15, -0.1) is 0 Å². The quantitative estimate of drug-likeness (QED) is 0.419. The molecule has 1 aromatic heterocycles. The van der Waals surface area contributed by atoms with Crippen LogP contribution in [0.5, 0.6) is 6.01 Å². The number of hydrogen-bond donors (Lipinski definition) is 0. The van der Waals surface area contributed by atoms with E-state index >= 15 is 0 Å². The molecule has 0 spiro atoms. The summed E-state index contributed by atoms with van der Waals surface area (Å²) in [4.78, 5) is 31.7. The largest absolute Gasteiger partial charge is 0.462 e. The molecule has 0 bridgehead atoms. The molecule has 0 radical (unpaired) electrons. The highest BCUT2D eigenvalue weighted by atomic mass is 16.5. The number of anilines is 2. The predicted octanol–water partition coefficient (Wildman–Crippen LogP) is 3.26. The summed E-state index contributed by atoms with van der Waals surface area (Å²) in [5.74, 6) is 0.783. The molecule has 224 valence electrons. The molecule has 0 saturated carbocycles. The monoisotopic (exact) mass is 573 g/mol. The van der Waals surface area contributed by atoms with Crippen molar-refractivity contribution in [2.45, 2.75) is 58.2 Å². The molecule has 0 N–H and O–H groups in total. The van der Waals surface area contributed by atoms with E-state index in [1.807, 2.05) is 0 Å². The summed E-state index contributed by atoms with van der Waals surface area (Å²) in [6.07, 6.45) is 6.61. The van der Waals surface area contributed by atoms with Crippen LogP contribution in [0.2, 0.25) is 0 Å². The van der Waals surface area contributed by atoms with Gasteiger partial charge in [0.1, 0.15) is 12.4 Å².